The molecule has 22 heavy (non-hydrogen) atoms. The molecule has 0 aliphatic carbocycles. The number of nitrogens with one attached hydrogen (secondary N) is 1. The van der Waals surface area contributed by atoms with E-state index in [0.29, 0.717) is 29.6 Å². The Morgan fingerprint density at radius 3 is 2.86 bits per heavy atom. The minimum absolute atomic E-state index is 0.303. The molecule has 0 unspecified atom stereocenters. The van der Waals surface area contributed by atoms with E-state index >= 15 is 0 Å². The van der Waals surface area contributed by atoms with Crippen LogP contribution in [0, 0.1) is 17.0 Å². The van der Waals surface area contributed by atoms with Gasteiger partial charge in [-0.3, -0.25) is 15.5 Å². The van der Waals surface area contributed by atoms with E-state index in [1.807, 2.05) is 19.0 Å². The quantitative estimate of drug-likeness (QED) is 0.493. The van der Waals surface area contributed by atoms with Crippen molar-refractivity contribution in [2.45, 2.75) is 6.92 Å². The summed E-state index contributed by atoms with van der Waals surface area (Å²) in [5.41, 5.74) is 3.25. The maximum Gasteiger partial charge on any atom is 0.433 e. The Morgan fingerprint density at radius 1 is 1.45 bits per heavy atom. The van der Waals surface area contributed by atoms with Crippen LogP contribution >= 0.6 is 0 Å². The number of furan rings is 1. The number of hydrazone groups is 1. The Morgan fingerprint density at radius 2 is 2.23 bits per heavy atom. The van der Waals surface area contributed by atoms with Crippen molar-refractivity contribution in [2.75, 3.05) is 26.1 Å². The van der Waals surface area contributed by atoms with Crippen LogP contribution in [-0.2, 0) is 0 Å². The van der Waals surface area contributed by atoms with Crippen LogP contribution in [-0.4, -0.2) is 46.6 Å². The first kappa shape index (κ1) is 15.6. The zero-order chi connectivity index (χ0) is 16.1. The van der Waals surface area contributed by atoms with E-state index in [-0.39, 0.29) is 5.88 Å². The van der Waals surface area contributed by atoms with Crippen molar-refractivity contribution in [3.8, 4) is 11.5 Å². The first-order chi connectivity index (χ1) is 10.5. The minimum atomic E-state index is -0.595. The Kier molecular flexibility index (Phi) is 4.79. The van der Waals surface area contributed by atoms with Gasteiger partial charge >= 0.3 is 5.88 Å². The Balaban J connectivity index is 2.18. The summed E-state index contributed by atoms with van der Waals surface area (Å²) >= 11 is 0. The zero-order valence-corrected chi connectivity index (χ0v) is 12.5. The predicted molar refractivity (Wildman–Crippen MR) is 81.8 cm³/mol. The van der Waals surface area contributed by atoms with Crippen molar-refractivity contribution in [1.82, 2.24) is 14.9 Å². The first-order valence-electron chi connectivity index (χ1n) is 6.48. The van der Waals surface area contributed by atoms with Gasteiger partial charge in [0.25, 0.3) is 0 Å². The number of aromatic nitrogens is 2. The number of hydrogen-bond acceptors (Lipinski definition) is 8. The maximum atomic E-state index is 10.7. The minimum Gasteiger partial charge on any atom is -0.399 e. The molecule has 2 aromatic rings. The molecule has 9 nitrogen and oxygen atoms in total. The molecule has 0 saturated heterocycles. The average molecular weight is 304 g/mol. The van der Waals surface area contributed by atoms with Crippen molar-refractivity contribution >= 4 is 17.9 Å². The van der Waals surface area contributed by atoms with Gasteiger partial charge in [-0.25, -0.2) is 9.97 Å². The van der Waals surface area contributed by atoms with Gasteiger partial charge in [0.2, 0.25) is 0 Å². The van der Waals surface area contributed by atoms with Crippen molar-refractivity contribution in [2.24, 2.45) is 5.10 Å². The van der Waals surface area contributed by atoms with E-state index in [4.69, 9.17) is 4.42 Å². The summed E-state index contributed by atoms with van der Waals surface area (Å²) in [6, 6.07) is 4.40. The molecule has 116 valence electrons. The summed E-state index contributed by atoms with van der Waals surface area (Å²) in [4.78, 5) is 20.4. The van der Waals surface area contributed by atoms with Gasteiger partial charge in [0.15, 0.2) is 11.6 Å². The smallest absolute Gasteiger partial charge is 0.399 e. The van der Waals surface area contributed by atoms with Gasteiger partial charge in [-0.05, 0) is 27.1 Å². The highest BCUT2D eigenvalue weighted by molar-refractivity contribution is 5.62. The van der Waals surface area contributed by atoms with Gasteiger partial charge in [0, 0.05) is 18.8 Å². The lowest BCUT2D eigenvalue weighted by molar-refractivity contribution is -0.401. The standard InChI is InChI=1S/C13H16N6O3/c1-9-15-10(11-4-5-13(22-11)19(20)21)8-12(16-9)17-14-6-7-18(2)3/h4-6,8H,7H2,1-3H3,(H,15,16,17). The van der Waals surface area contributed by atoms with E-state index in [9.17, 15) is 10.1 Å². The summed E-state index contributed by atoms with van der Waals surface area (Å²) in [5, 5.41) is 14.7. The van der Waals surface area contributed by atoms with Crippen molar-refractivity contribution in [3.05, 3.63) is 34.1 Å². The van der Waals surface area contributed by atoms with Crippen LogP contribution in [0.2, 0.25) is 0 Å². The average Bonchev–Trinajstić information content (AvgIpc) is 2.93. The molecule has 2 heterocycles. The van der Waals surface area contributed by atoms with Gasteiger partial charge < -0.3 is 9.32 Å². The number of hydrogen-bond donors (Lipinski definition) is 1. The van der Waals surface area contributed by atoms with Crippen molar-refractivity contribution in [1.29, 1.82) is 0 Å². The number of nitrogens with zero attached hydrogens (tertiary/aromatic N) is 5. The molecule has 1 N–H and O–H groups in total. The second-order valence-electron chi connectivity index (χ2n) is 4.77. The Hall–Kier alpha value is -2.81. The molecule has 0 saturated carbocycles. The summed E-state index contributed by atoms with van der Waals surface area (Å²) in [7, 11) is 3.87. The molecular weight excluding hydrogens is 288 g/mol. The lowest BCUT2D eigenvalue weighted by Crippen LogP contribution is -2.14. The fourth-order valence-electron chi connectivity index (χ4n) is 1.63. The summed E-state index contributed by atoms with van der Waals surface area (Å²) < 4.78 is 5.14. The summed E-state index contributed by atoms with van der Waals surface area (Å²) in [6.07, 6.45) is 1.70. The molecule has 0 aliphatic rings. The second-order valence-corrected chi connectivity index (χ2v) is 4.77. The fraction of sp³-hybridized carbons (Fsp3) is 0.308. The SMILES string of the molecule is Cc1nc(NN=CCN(C)C)cc(-c2ccc([N+](=O)[O-])o2)n1. The van der Waals surface area contributed by atoms with E-state index in [1.165, 1.54) is 12.1 Å². The predicted octanol–water partition coefficient (Wildman–Crippen LogP) is 1.91. The maximum absolute atomic E-state index is 10.7. The van der Waals surface area contributed by atoms with Crippen molar-refractivity contribution in [3.63, 3.8) is 0 Å². The van der Waals surface area contributed by atoms with Crippen LogP contribution in [0.1, 0.15) is 5.82 Å². The number of nitro groups is 1. The van der Waals surface area contributed by atoms with Gasteiger partial charge in [0.1, 0.15) is 16.4 Å². The molecule has 0 spiro atoms. The highest BCUT2D eigenvalue weighted by Crippen LogP contribution is 2.25. The van der Waals surface area contributed by atoms with Crippen LogP contribution in [0.25, 0.3) is 11.5 Å². The van der Waals surface area contributed by atoms with Crippen LogP contribution in [0.5, 0.6) is 0 Å². The Bertz CT molecular complexity index is 695. The molecule has 9 heteroatoms. The molecule has 0 radical (unpaired) electrons. The second kappa shape index (κ2) is 6.76. The fourth-order valence-corrected chi connectivity index (χ4v) is 1.63. The van der Waals surface area contributed by atoms with Crippen molar-refractivity contribution < 1.29 is 9.34 Å². The molecule has 2 aromatic heterocycles. The van der Waals surface area contributed by atoms with Gasteiger partial charge in [-0.15, -0.1) is 0 Å². The number of rotatable bonds is 6. The lowest BCUT2D eigenvalue weighted by Gasteiger charge is -2.05. The third kappa shape index (κ3) is 4.09. The molecular formula is C13H16N6O3. The normalized spacial score (nSPS) is 11.3. The first-order valence-corrected chi connectivity index (χ1v) is 6.48. The highest BCUT2D eigenvalue weighted by atomic mass is 16.6. The van der Waals surface area contributed by atoms with Crippen LogP contribution < -0.4 is 5.43 Å². The summed E-state index contributed by atoms with van der Waals surface area (Å²) in [5.74, 6) is 0.959. The van der Waals surface area contributed by atoms with Crippen LogP contribution in [0.15, 0.2) is 27.7 Å². The van der Waals surface area contributed by atoms with E-state index in [0.717, 1.165) is 0 Å². The molecule has 0 amide bonds. The number of anilines is 1. The van der Waals surface area contributed by atoms with E-state index < -0.39 is 4.92 Å². The number of aryl methyl sites for hydroxylation is 1. The van der Waals surface area contributed by atoms with Crippen LogP contribution in [0.3, 0.4) is 0 Å². The lowest BCUT2D eigenvalue weighted by atomic mass is 10.3. The largest absolute Gasteiger partial charge is 0.433 e. The van der Waals surface area contributed by atoms with Gasteiger partial charge in [-0.2, -0.15) is 5.10 Å². The van der Waals surface area contributed by atoms with E-state index in [1.54, 1.807) is 19.2 Å². The molecule has 0 atom stereocenters. The van der Waals surface area contributed by atoms with Crippen LogP contribution in [0.4, 0.5) is 11.7 Å². The third-order valence-corrected chi connectivity index (χ3v) is 2.58. The monoisotopic (exact) mass is 304 g/mol. The molecule has 0 fully saturated rings. The third-order valence-electron chi connectivity index (χ3n) is 2.58. The summed E-state index contributed by atoms with van der Waals surface area (Å²) in [6.45, 7) is 2.41. The highest BCUT2D eigenvalue weighted by Gasteiger charge is 2.15. The topological polar surface area (TPSA) is 110 Å². The van der Waals surface area contributed by atoms with Gasteiger partial charge in [-0.1, -0.05) is 0 Å². The van der Waals surface area contributed by atoms with Gasteiger partial charge in [0.05, 0.1) is 6.07 Å². The zero-order valence-electron chi connectivity index (χ0n) is 12.5. The molecule has 0 bridgehead atoms. The Labute approximate surface area is 126 Å². The van der Waals surface area contributed by atoms with E-state index in [2.05, 4.69) is 20.5 Å². The molecule has 0 aromatic carbocycles. The molecule has 0 aliphatic heterocycles. The molecule has 2 rings (SSSR count).